The lowest BCUT2D eigenvalue weighted by molar-refractivity contribution is 0.0983. The van der Waals surface area contributed by atoms with Gasteiger partial charge in [-0.3, -0.25) is 4.90 Å². The lowest BCUT2D eigenvalue weighted by Gasteiger charge is -2.37. The molecule has 0 amide bonds. The van der Waals surface area contributed by atoms with E-state index in [1.54, 1.807) is 0 Å². The smallest absolute Gasteiger partial charge is 0.118 e. The minimum Gasteiger partial charge on any atom is -0.465 e. The molecule has 2 heterocycles. The van der Waals surface area contributed by atoms with Crippen molar-refractivity contribution in [2.45, 2.75) is 66.1 Å². The van der Waals surface area contributed by atoms with Gasteiger partial charge in [0.2, 0.25) is 0 Å². The van der Waals surface area contributed by atoms with Crippen molar-refractivity contribution in [2.75, 3.05) is 13.1 Å². The Morgan fingerprint density at radius 3 is 2.95 bits per heavy atom. The Morgan fingerprint density at radius 2 is 2.20 bits per heavy atom. The van der Waals surface area contributed by atoms with E-state index in [9.17, 15) is 0 Å². The Bertz CT molecular complexity index is 413. The SMILES string of the molecule is CCCNCc1cc(CN2CCCC(C)C2C)oc1C. The Hall–Kier alpha value is -0.800. The first-order valence-corrected chi connectivity index (χ1v) is 8.14. The molecule has 1 saturated heterocycles. The average molecular weight is 278 g/mol. The van der Waals surface area contributed by atoms with Crippen molar-refractivity contribution >= 4 is 0 Å². The predicted molar refractivity (Wildman–Crippen MR) is 83.7 cm³/mol. The van der Waals surface area contributed by atoms with Crippen LogP contribution < -0.4 is 5.32 Å². The van der Waals surface area contributed by atoms with Crippen LogP contribution in [-0.2, 0) is 13.1 Å². The lowest BCUT2D eigenvalue weighted by atomic mass is 9.92. The van der Waals surface area contributed by atoms with E-state index >= 15 is 0 Å². The molecule has 2 unspecified atom stereocenters. The molecular formula is C17H30N2O. The molecule has 3 nitrogen and oxygen atoms in total. The number of furan rings is 1. The lowest BCUT2D eigenvalue weighted by Crippen LogP contribution is -2.41. The molecule has 1 aliphatic rings. The molecule has 3 heteroatoms. The molecule has 0 radical (unpaired) electrons. The van der Waals surface area contributed by atoms with Gasteiger partial charge in [0.25, 0.3) is 0 Å². The van der Waals surface area contributed by atoms with Crippen LogP contribution in [0.4, 0.5) is 0 Å². The highest BCUT2D eigenvalue weighted by Crippen LogP contribution is 2.25. The van der Waals surface area contributed by atoms with E-state index in [-0.39, 0.29) is 0 Å². The third-order valence-electron chi connectivity index (χ3n) is 4.68. The fourth-order valence-corrected chi connectivity index (χ4v) is 3.09. The maximum atomic E-state index is 5.95. The van der Waals surface area contributed by atoms with E-state index < -0.39 is 0 Å². The average Bonchev–Trinajstić information content (AvgIpc) is 2.76. The van der Waals surface area contributed by atoms with E-state index in [0.717, 1.165) is 37.1 Å². The van der Waals surface area contributed by atoms with Crippen molar-refractivity contribution < 1.29 is 4.42 Å². The summed E-state index contributed by atoms with van der Waals surface area (Å²) in [5, 5.41) is 3.45. The molecule has 1 aromatic heterocycles. The maximum absolute atomic E-state index is 5.95. The molecule has 0 aromatic carbocycles. The highest BCUT2D eigenvalue weighted by atomic mass is 16.3. The van der Waals surface area contributed by atoms with E-state index in [1.165, 1.54) is 31.4 Å². The van der Waals surface area contributed by atoms with Gasteiger partial charge >= 0.3 is 0 Å². The topological polar surface area (TPSA) is 28.4 Å². The van der Waals surface area contributed by atoms with Crippen molar-refractivity contribution in [1.82, 2.24) is 10.2 Å². The van der Waals surface area contributed by atoms with E-state index in [4.69, 9.17) is 4.42 Å². The standard InChI is InChI=1S/C17H30N2O/c1-5-8-18-11-16-10-17(20-15(16)4)12-19-9-6-7-13(2)14(19)3/h10,13-14,18H,5-9,11-12H2,1-4H3. The summed E-state index contributed by atoms with van der Waals surface area (Å²) in [6.45, 7) is 13.1. The Labute approximate surface area is 123 Å². The number of aryl methyl sites for hydroxylation is 1. The largest absolute Gasteiger partial charge is 0.465 e. The molecule has 0 spiro atoms. The van der Waals surface area contributed by atoms with Gasteiger partial charge in [-0.05, 0) is 58.2 Å². The molecule has 1 fully saturated rings. The van der Waals surface area contributed by atoms with Gasteiger partial charge in [0.15, 0.2) is 0 Å². The molecule has 2 atom stereocenters. The summed E-state index contributed by atoms with van der Waals surface area (Å²) in [7, 11) is 0. The number of hydrogen-bond donors (Lipinski definition) is 1. The maximum Gasteiger partial charge on any atom is 0.118 e. The molecule has 1 aromatic rings. The van der Waals surface area contributed by atoms with Gasteiger partial charge in [0.05, 0.1) is 6.54 Å². The van der Waals surface area contributed by atoms with Gasteiger partial charge in [-0.1, -0.05) is 13.8 Å². The summed E-state index contributed by atoms with van der Waals surface area (Å²) >= 11 is 0. The molecule has 0 bridgehead atoms. The summed E-state index contributed by atoms with van der Waals surface area (Å²) in [6.07, 6.45) is 3.85. The van der Waals surface area contributed by atoms with E-state index in [1.807, 2.05) is 0 Å². The monoisotopic (exact) mass is 278 g/mol. The first-order chi connectivity index (χ1) is 9.61. The summed E-state index contributed by atoms with van der Waals surface area (Å²) in [4.78, 5) is 2.57. The quantitative estimate of drug-likeness (QED) is 0.804. The second-order valence-corrected chi connectivity index (χ2v) is 6.30. The summed E-state index contributed by atoms with van der Waals surface area (Å²) in [6, 6.07) is 2.90. The third-order valence-corrected chi connectivity index (χ3v) is 4.68. The fraction of sp³-hybridized carbons (Fsp3) is 0.765. The van der Waals surface area contributed by atoms with Gasteiger partial charge in [0, 0.05) is 18.2 Å². The van der Waals surface area contributed by atoms with Crippen LogP contribution >= 0.6 is 0 Å². The van der Waals surface area contributed by atoms with Crippen LogP contribution in [0.3, 0.4) is 0 Å². The zero-order chi connectivity index (χ0) is 14.5. The molecule has 114 valence electrons. The van der Waals surface area contributed by atoms with Crippen LogP contribution in [0.5, 0.6) is 0 Å². The molecule has 2 rings (SSSR count). The number of likely N-dealkylation sites (tertiary alicyclic amines) is 1. The van der Waals surface area contributed by atoms with Crippen LogP contribution in [0, 0.1) is 12.8 Å². The summed E-state index contributed by atoms with van der Waals surface area (Å²) in [5.74, 6) is 2.99. The fourth-order valence-electron chi connectivity index (χ4n) is 3.09. The van der Waals surface area contributed by atoms with Crippen molar-refractivity contribution in [1.29, 1.82) is 0 Å². The predicted octanol–water partition coefficient (Wildman–Crippen LogP) is 3.71. The molecule has 1 N–H and O–H groups in total. The van der Waals surface area contributed by atoms with Gasteiger partial charge in [0.1, 0.15) is 11.5 Å². The highest BCUT2D eigenvalue weighted by molar-refractivity contribution is 5.20. The first kappa shape index (κ1) is 15.6. The zero-order valence-electron chi connectivity index (χ0n) is 13.5. The Morgan fingerprint density at radius 1 is 1.40 bits per heavy atom. The number of rotatable bonds is 6. The minimum atomic E-state index is 0.663. The van der Waals surface area contributed by atoms with Gasteiger partial charge in [-0.2, -0.15) is 0 Å². The summed E-state index contributed by atoms with van der Waals surface area (Å²) in [5.41, 5.74) is 1.31. The van der Waals surface area contributed by atoms with Gasteiger partial charge in [-0.25, -0.2) is 0 Å². The molecular weight excluding hydrogens is 248 g/mol. The number of piperidine rings is 1. The number of nitrogens with zero attached hydrogens (tertiary/aromatic N) is 1. The van der Waals surface area contributed by atoms with Crippen LogP contribution in [0.1, 0.15) is 57.1 Å². The van der Waals surface area contributed by atoms with E-state index in [0.29, 0.717) is 6.04 Å². The highest BCUT2D eigenvalue weighted by Gasteiger charge is 2.25. The first-order valence-electron chi connectivity index (χ1n) is 8.14. The second kappa shape index (κ2) is 7.28. The van der Waals surface area contributed by atoms with Crippen LogP contribution in [-0.4, -0.2) is 24.0 Å². The number of nitrogens with one attached hydrogen (secondary N) is 1. The van der Waals surface area contributed by atoms with Crippen molar-refractivity contribution in [3.63, 3.8) is 0 Å². The summed E-state index contributed by atoms with van der Waals surface area (Å²) < 4.78 is 5.95. The van der Waals surface area contributed by atoms with Gasteiger partial charge in [-0.15, -0.1) is 0 Å². The van der Waals surface area contributed by atoms with E-state index in [2.05, 4.69) is 44.0 Å². The Kier molecular flexibility index (Phi) is 5.67. The van der Waals surface area contributed by atoms with Crippen molar-refractivity contribution in [3.8, 4) is 0 Å². The van der Waals surface area contributed by atoms with Crippen LogP contribution in [0.2, 0.25) is 0 Å². The Balaban J connectivity index is 1.94. The molecule has 20 heavy (non-hydrogen) atoms. The molecule has 0 aliphatic carbocycles. The minimum absolute atomic E-state index is 0.663. The van der Waals surface area contributed by atoms with Gasteiger partial charge < -0.3 is 9.73 Å². The van der Waals surface area contributed by atoms with Crippen molar-refractivity contribution in [3.05, 3.63) is 23.2 Å². The normalized spacial score (nSPS) is 24.2. The second-order valence-electron chi connectivity index (χ2n) is 6.30. The molecule has 0 saturated carbocycles. The third kappa shape index (κ3) is 3.86. The molecule has 1 aliphatic heterocycles. The van der Waals surface area contributed by atoms with Crippen molar-refractivity contribution in [2.24, 2.45) is 5.92 Å². The van der Waals surface area contributed by atoms with Crippen LogP contribution in [0.15, 0.2) is 10.5 Å². The zero-order valence-corrected chi connectivity index (χ0v) is 13.5. The number of hydrogen-bond acceptors (Lipinski definition) is 3. The van der Waals surface area contributed by atoms with Crippen LogP contribution in [0.25, 0.3) is 0 Å².